The zero-order chi connectivity index (χ0) is 14.1. The van der Waals surface area contributed by atoms with Crippen molar-refractivity contribution in [2.45, 2.75) is 52.5 Å². The summed E-state index contributed by atoms with van der Waals surface area (Å²) in [5.74, 6) is 2.53. The van der Waals surface area contributed by atoms with Crippen molar-refractivity contribution in [1.82, 2.24) is 5.32 Å². The smallest absolute Gasteiger partial charge is 0.0700 e. The first-order valence-corrected chi connectivity index (χ1v) is 7.95. The monoisotopic (exact) mass is 271 g/mol. The maximum absolute atomic E-state index is 5.49. The van der Waals surface area contributed by atoms with Gasteiger partial charge < -0.3 is 14.8 Å². The fourth-order valence-corrected chi connectivity index (χ4v) is 3.14. The van der Waals surface area contributed by atoms with E-state index in [1.54, 1.807) is 7.11 Å². The lowest BCUT2D eigenvalue weighted by atomic mass is 9.74. The van der Waals surface area contributed by atoms with Crippen LogP contribution in [0.4, 0.5) is 0 Å². The van der Waals surface area contributed by atoms with E-state index < -0.39 is 0 Å². The summed E-state index contributed by atoms with van der Waals surface area (Å²) in [5.41, 5.74) is 0. The van der Waals surface area contributed by atoms with Gasteiger partial charge in [0.25, 0.3) is 0 Å². The molecule has 0 aromatic heterocycles. The van der Waals surface area contributed by atoms with E-state index in [1.165, 1.54) is 19.3 Å². The van der Waals surface area contributed by atoms with Crippen molar-refractivity contribution < 1.29 is 9.47 Å². The summed E-state index contributed by atoms with van der Waals surface area (Å²) in [5, 5.41) is 3.76. The molecule has 1 saturated carbocycles. The molecule has 0 aromatic carbocycles. The summed E-state index contributed by atoms with van der Waals surface area (Å²) in [7, 11) is 1.71. The molecule has 0 spiro atoms. The summed E-state index contributed by atoms with van der Waals surface area (Å²) < 4.78 is 10.4. The second-order valence-corrected chi connectivity index (χ2v) is 6.35. The van der Waals surface area contributed by atoms with Crippen LogP contribution in [-0.2, 0) is 9.47 Å². The highest BCUT2D eigenvalue weighted by molar-refractivity contribution is 4.85. The first-order chi connectivity index (χ1) is 9.15. The van der Waals surface area contributed by atoms with E-state index in [0.29, 0.717) is 19.3 Å². The Labute approximate surface area is 119 Å². The number of hydrogen-bond donors (Lipinski definition) is 1. The van der Waals surface area contributed by atoms with Gasteiger partial charge in [0.15, 0.2) is 0 Å². The molecule has 0 aliphatic heterocycles. The maximum Gasteiger partial charge on any atom is 0.0700 e. The molecular weight excluding hydrogens is 238 g/mol. The summed E-state index contributed by atoms with van der Waals surface area (Å²) in [6.07, 6.45) is 5.23. The quantitative estimate of drug-likeness (QED) is 0.654. The van der Waals surface area contributed by atoms with E-state index >= 15 is 0 Å². The molecule has 0 amide bonds. The lowest BCUT2D eigenvalue weighted by Crippen LogP contribution is -2.43. The Balaban J connectivity index is 2.14. The van der Waals surface area contributed by atoms with Gasteiger partial charge in [0.05, 0.1) is 13.2 Å². The summed E-state index contributed by atoms with van der Waals surface area (Å²) in [6, 6.07) is 0.711. The van der Waals surface area contributed by atoms with E-state index in [0.717, 1.165) is 37.3 Å². The summed E-state index contributed by atoms with van der Waals surface area (Å²) in [4.78, 5) is 0. The molecule has 1 N–H and O–H groups in total. The second-order valence-electron chi connectivity index (χ2n) is 6.35. The first kappa shape index (κ1) is 16.9. The molecule has 0 radical (unpaired) electrons. The minimum absolute atomic E-state index is 0.697. The Morgan fingerprint density at radius 3 is 2.63 bits per heavy atom. The largest absolute Gasteiger partial charge is 0.382 e. The Kier molecular flexibility index (Phi) is 8.67. The van der Waals surface area contributed by atoms with Gasteiger partial charge in [0.1, 0.15) is 0 Å². The molecule has 0 saturated heterocycles. The van der Waals surface area contributed by atoms with Gasteiger partial charge in [-0.05, 0) is 43.6 Å². The number of hydrogen-bond acceptors (Lipinski definition) is 3. The van der Waals surface area contributed by atoms with Crippen molar-refractivity contribution in [3.63, 3.8) is 0 Å². The Morgan fingerprint density at radius 1 is 1.16 bits per heavy atom. The molecule has 0 heterocycles. The number of rotatable bonds is 9. The van der Waals surface area contributed by atoms with Gasteiger partial charge in [-0.2, -0.15) is 0 Å². The molecule has 19 heavy (non-hydrogen) atoms. The van der Waals surface area contributed by atoms with E-state index in [2.05, 4.69) is 26.1 Å². The SMILES string of the molecule is COCCOCCCNC1CC(C)CCC1C(C)C. The van der Waals surface area contributed by atoms with Gasteiger partial charge in [0.2, 0.25) is 0 Å². The summed E-state index contributed by atoms with van der Waals surface area (Å²) >= 11 is 0. The minimum atomic E-state index is 0.697. The Morgan fingerprint density at radius 2 is 1.95 bits per heavy atom. The topological polar surface area (TPSA) is 30.5 Å². The second kappa shape index (κ2) is 9.73. The summed E-state index contributed by atoms with van der Waals surface area (Å²) in [6.45, 7) is 10.4. The van der Waals surface area contributed by atoms with Crippen molar-refractivity contribution in [2.75, 3.05) is 33.5 Å². The van der Waals surface area contributed by atoms with E-state index in [4.69, 9.17) is 9.47 Å². The van der Waals surface area contributed by atoms with E-state index in [-0.39, 0.29) is 0 Å². The molecule has 3 atom stereocenters. The lowest BCUT2D eigenvalue weighted by molar-refractivity contribution is 0.0682. The molecule has 114 valence electrons. The van der Waals surface area contributed by atoms with Crippen LogP contribution in [0.1, 0.15) is 46.5 Å². The number of nitrogens with one attached hydrogen (secondary N) is 1. The van der Waals surface area contributed by atoms with Crippen LogP contribution in [0.15, 0.2) is 0 Å². The standard InChI is InChI=1S/C16H33NO2/c1-13(2)15-7-6-14(3)12-16(15)17-8-5-9-19-11-10-18-4/h13-17H,5-12H2,1-4H3. The third-order valence-corrected chi connectivity index (χ3v) is 4.33. The average molecular weight is 271 g/mol. The van der Waals surface area contributed by atoms with Crippen LogP contribution in [0.25, 0.3) is 0 Å². The van der Waals surface area contributed by atoms with Gasteiger partial charge in [-0.15, -0.1) is 0 Å². The molecule has 0 bridgehead atoms. The Hall–Kier alpha value is -0.120. The zero-order valence-electron chi connectivity index (χ0n) is 13.3. The van der Waals surface area contributed by atoms with Gasteiger partial charge in [0, 0.05) is 19.8 Å². The van der Waals surface area contributed by atoms with Gasteiger partial charge in [-0.1, -0.05) is 27.2 Å². The van der Waals surface area contributed by atoms with Crippen LogP contribution in [0.3, 0.4) is 0 Å². The molecule has 3 unspecified atom stereocenters. The van der Waals surface area contributed by atoms with Crippen molar-refractivity contribution in [3.05, 3.63) is 0 Å². The predicted molar refractivity (Wildman–Crippen MR) is 80.4 cm³/mol. The Bertz CT molecular complexity index is 221. The van der Waals surface area contributed by atoms with Crippen LogP contribution in [0.2, 0.25) is 0 Å². The van der Waals surface area contributed by atoms with Gasteiger partial charge in [-0.3, -0.25) is 0 Å². The van der Waals surface area contributed by atoms with Gasteiger partial charge in [-0.25, -0.2) is 0 Å². The molecule has 1 aliphatic rings. The predicted octanol–water partition coefficient (Wildman–Crippen LogP) is 3.09. The minimum Gasteiger partial charge on any atom is -0.382 e. The van der Waals surface area contributed by atoms with Crippen molar-refractivity contribution >= 4 is 0 Å². The fourth-order valence-electron chi connectivity index (χ4n) is 3.14. The molecular formula is C16H33NO2. The van der Waals surface area contributed by atoms with Crippen molar-refractivity contribution in [3.8, 4) is 0 Å². The van der Waals surface area contributed by atoms with E-state index in [9.17, 15) is 0 Å². The molecule has 1 aliphatic carbocycles. The molecule has 0 aromatic rings. The molecule has 1 rings (SSSR count). The normalized spacial score (nSPS) is 27.9. The van der Waals surface area contributed by atoms with Gasteiger partial charge >= 0.3 is 0 Å². The average Bonchev–Trinajstić information content (AvgIpc) is 2.37. The van der Waals surface area contributed by atoms with Crippen molar-refractivity contribution in [1.29, 1.82) is 0 Å². The van der Waals surface area contributed by atoms with Crippen LogP contribution in [-0.4, -0.2) is 39.5 Å². The van der Waals surface area contributed by atoms with Crippen molar-refractivity contribution in [2.24, 2.45) is 17.8 Å². The molecule has 3 heteroatoms. The third-order valence-electron chi connectivity index (χ3n) is 4.33. The van der Waals surface area contributed by atoms with Crippen LogP contribution >= 0.6 is 0 Å². The lowest BCUT2D eigenvalue weighted by Gasteiger charge is -2.38. The number of methoxy groups -OCH3 is 1. The fraction of sp³-hybridized carbons (Fsp3) is 1.00. The number of ether oxygens (including phenoxy) is 2. The van der Waals surface area contributed by atoms with Crippen LogP contribution in [0, 0.1) is 17.8 Å². The van der Waals surface area contributed by atoms with E-state index in [1.807, 2.05) is 0 Å². The third kappa shape index (κ3) is 6.73. The zero-order valence-corrected chi connectivity index (χ0v) is 13.3. The highest BCUT2D eigenvalue weighted by Gasteiger charge is 2.29. The van der Waals surface area contributed by atoms with Crippen LogP contribution < -0.4 is 5.32 Å². The highest BCUT2D eigenvalue weighted by atomic mass is 16.5. The molecule has 3 nitrogen and oxygen atoms in total. The highest BCUT2D eigenvalue weighted by Crippen LogP contribution is 2.33. The van der Waals surface area contributed by atoms with Crippen LogP contribution in [0.5, 0.6) is 0 Å². The maximum atomic E-state index is 5.49. The molecule has 1 fully saturated rings. The first-order valence-electron chi connectivity index (χ1n) is 7.95.